The Morgan fingerprint density at radius 1 is 1.17 bits per heavy atom. The van der Waals surface area contributed by atoms with Crippen molar-refractivity contribution in [2.75, 3.05) is 18.4 Å². The van der Waals surface area contributed by atoms with Gasteiger partial charge in [-0.05, 0) is 43.0 Å². The van der Waals surface area contributed by atoms with Gasteiger partial charge >= 0.3 is 0 Å². The number of rotatable bonds is 5. The Kier molecular flexibility index (Phi) is 4.61. The molecule has 1 aromatic heterocycles. The third-order valence-electron chi connectivity index (χ3n) is 4.65. The zero-order valence-electron chi connectivity index (χ0n) is 13.4. The Bertz CT molecular complexity index is 733. The monoisotopic (exact) mass is 362 g/mol. The van der Waals surface area contributed by atoms with E-state index < -0.39 is 0 Å². The zero-order valence-corrected chi connectivity index (χ0v) is 14.9. The highest BCUT2D eigenvalue weighted by molar-refractivity contribution is 6.35. The molecule has 1 aliphatic heterocycles. The normalized spacial score (nSPS) is 21.2. The summed E-state index contributed by atoms with van der Waals surface area (Å²) in [5, 5.41) is 4.98. The van der Waals surface area contributed by atoms with Gasteiger partial charge in [-0.25, -0.2) is 9.97 Å². The van der Waals surface area contributed by atoms with E-state index in [1.54, 1.807) is 0 Å². The molecule has 4 nitrogen and oxygen atoms in total. The van der Waals surface area contributed by atoms with Gasteiger partial charge in [-0.15, -0.1) is 0 Å². The third kappa shape index (κ3) is 3.82. The fourth-order valence-electron chi connectivity index (χ4n) is 3.19. The van der Waals surface area contributed by atoms with Crippen LogP contribution in [0.4, 0.5) is 5.82 Å². The number of likely N-dealkylation sites (tertiary alicyclic amines) is 1. The van der Waals surface area contributed by atoms with Crippen molar-refractivity contribution in [2.24, 2.45) is 0 Å². The number of nitrogens with zero attached hydrogens (tertiary/aromatic N) is 3. The van der Waals surface area contributed by atoms with Gasteiger partial charge in [-0.2, -0.15) is 0 Å². The van der Waals surface area contributed by atoms with Crippen LogP contribution in [0.15, 0.2) is 30.5 Å². The lowest BCUT2D eigenvalue weighted by atomic mass is 10.2. The van der Waals surface area contributed by atoms with E-state index in [0.29, 0.717) is 17.0 Å². The maximum absolute atomic E-state index is 6.28. The number of anilines is 1. The molecule has 1 saturated carbocycles. The van der Waals surface area contributed by atoms with E-state index in [2.05, 4.69) is 20.2 Å². The summed E-state index contributed by atoms with van der Waals surface area (Å²) in [5.41, 5.74) is 1.12. The third-order valence-corrected chi connectivity index (χ3v) is 5.24. The van der Waals surface area contributed by atoms with E-state index >= 15 is 0 Å². The summed E-state index contributed by atoms with van der Waals surface area (Å²) >= 11 is 12.2. The lowest BCUT2D eigenvalue weighted by molar-refractivity contribution is 0.328. The molecule has 6 heteroatoms. The minimum Gasteiger partial charge on any atom is -0.366 e. The Morgan fingerprint density at radius 3 is 2.83 bits per heavy atom. The van der Waals surface area contributed by atoms with E-state index in [9.17, 15) is 0 Å². The highest BCUT2D eigenvalue weighted by atomic mass is 35.5. The summed E-state index contributed by atoms with van der Waals surface area (Å²) in [4.78, 5) is 11.4. The van der Waals surface area contributed by atoms with Gasteiger partial charge in [0.15, 0.2) is 0 Å². The molecule has 1 aliphatic carbocycles. The van der Waals surface area contributed by atoms with Gasteiger partial charge in [0.25, 0.3) is 0 Å². The molecule has 1 aromatic carbocycles. The van der Waals surface area contributed by atoms with Crippen LogP contribution in [-0.4, -0.2) is 34.0 Å². The summed E-state index contributed by atoms with van der Waals surface area (Å²) in [6.45, 7) is 2.89. The molecule has 0 radical (unpaired) electrons. The summed E-state index contributed by atoms with van der Waals surface area (Å²) in [6, 6.07) is 8.10. The van der Waals surface area contributed by atoms with Crippen LogP contribution in [0.25, 0.3) is 0 Å². The zero-order chi connectivity index (χ0) is 16.5. The van der Waals surface area contributed by atoms with Gasteiger partial charge in [0.2, 0.25) is 0 Å². The van der Waals surface area contributed by atoms with Crippen molar-refractivity contribution in [3.8, 4) is 0 Å². The lowest BCUT2D eigenvalue weighted by Gasteiger charge is -2.18. The first-order valence-corrected chi connectivity index (χ1v) is 9.19. The molecule has 24 heavy (non-hydrogen) atoms. The molecule has 0 amide bonds. The number of nitrogens with one attached hydrogen (secondary N) is 1. The van der Waals surface area contributed by atoms with Crippen LogP contribution in [0.5, 0.6) is 0 Å². The second-order valence-electron chi connectivity index (χ2n) is 6.68. The molecule has 126 valence electrons. The smallest absolute Gasteiger partial charge is 0.133 e. The topological polar surface area (TPSA) is 41.0 Å². The largest absolute Gasteiger partial charge is 0.366 e. The molecular formula is C18H20Cl2N4. The SMILES string of the molecule is Clc1ccc(CN2CCC(Nc3ccnc(C4CC4)n3)C2)c(Cl)c1. The maximum atomic E-state index is 6.28. The average molecular weight is 363 g/mol. The minimum atomic E-state index is 0.415. The van der Waals surface area contributed by atoms with Crippen LogP contribution in [-0.2, 0) is 6.54 Å². The quantitative estimate of drug-likeness (QED) is 0.858. The predicted octanol–water partition coefficient (Wildman–Crippen LogP) is 4.35. The van der Waals surface area contributed by atoms with E-state index in [1.807, 2.05) is 30.5 Å². The fraction of sp³-hybridized carbons (Fsp3) is 0.444. The molecule has 2 heterocycles. The molecule has 1 unspecified atom stereocenters. The van der Waals surface area contributed by atoms with Crippen molar-refractivity contribution in [3.63, 3.8) is 0 Å². The van der Waals surface area contributed by atoms with Crippen molar-refractivity contribution in [1.29, 1.82) is 0 Å². The first-order chi connectivity index (χ1) is 11.7. The van der Waals surface area contributed by atoms with Gasteiger partial charge in [0.1, 0.15) is 11.6 Å². The van der Waals surface area contributed by atoms with Crippen LogP contribution in [0.1, 0.15) is 36.6 Å². The number of halogens is 2. The molecule has 4 rings (SSSR count). The maximum Gasteiger partial charge on any atom is 0.133 e. The number of aromatic nitrogens is 2. The predicted molar refractivity (Wildman–Crippen MR) is 97.8 cm³/mol. The fourth-order valence-corrected chi connectivity index (χ4v) is 3.65. The van der Waals surface area contributed by atoms with Crippen molar-refractivity contribution in [3.05, 3.63) is 51.9 Å². The summed E-state index contributed by atoms with van der Waals surface area (Å²) in [7, 11) is 0. The molecule has 2 aromatic rings. The summed E-state index contributed by atoms with van der Waals surface area (Å²) < 4.78 is 0. The first kappa shape index (κ1) is 16.1. The number of benzene rings is 1. The Balaban J connectivity index is 1.35. The molecule has 2 aliphatic rings. The molecule has 1 atom stereocenters. The van der Waals surface area contributed by atoms with Gasteiger partial charge in [-0.3, -0.25) is 4.90 Å². The summed E-state index contributed by atoms with van der Waals surface area (Å²) in [6.07, 6.45) is 5.42. The average Bonchev–Trinajstić information content (AvgIpc) is 3.33. The van der Waals surface area contributed by atoms with Crippen molar-refractivity contribution >= 4 is 29.0 Å². The van der Waals surface area contributed by atoms with Gasteiger partial charge < -0.3 is 5.32 Å². The molecule has 0 bridgehead atoms. The molecule has 0 spiro atoms. The van der Waals surface area contributed by atoms with Gasteiger partial charge in [0.05, 0.1) is 0 Å². The molecule has 1 saturated heterocycles. The minimum absolute atomic E-state index is 0.415. The van der Waals surface area contributed by atoms with Crippen LogP contribution < -0.4 is 5.32 Å². The summed E-state index contributed by atoms with van der Waals surface area (Å²) in [5.74, 6) is 2.52. The van der Waals surface area contributed by atoms with Crippen LogP contribution in [0.2, 0.25) is 10.0 Å². The highest BCUT2D eigenvalue weighted by Crippen LogP contribution is 2.38. The lowest BCUT2D eigenvalue weighted by Crippen LogP contribution is -2.26. The van der Waals surface area contributed by atoms with Crippen LogP contribution >= 0.6 is 23.2 Å². The van der Waals surface area contributed by atoms with Crippen molar-refractivity contribution < 1.29 is 0 Å². The van der Waals surface area contributed by atoms with Crippen molar-refractivity contribution in [2.45, 2.75) is 37.8 Å². The van der Waals surface area contributed by atoms with Gasteiger partial charge in [-0.1, -0.05) is 29.3 Å². The second kappa shape index (κ2) is 6.87. The Hall–Kier alpha value is -1.36. The van der Waals surface area contributed by atoms with Crippen molar-refractivity contribution in [1.82, 2.24) is 14.9 Å². The Labute approximate surface area is 152 Å². The van der Waals surface area contributed by atoms with E-state index in [1.165, 1.54) is 12.8 Å². The van der Waals surface area contributed by atoms with Crippen LogP contribution in [0.3, 0.4) is 0 Å². The molecular weight excluding hydrogens is 343 g/mol. The first-order valence-electron chi connectivity index (χ1n) is 8.43. The van der Waals surface area contributed by atoms with Gasteiger partial charge in [0, 0.05) is 47.8 Å². The van der Waals surface area contributed by atoms with E-state index in [0.717, 1.165) is 48.3 Å². The highest BCUT2D eigenvalue weighted by Gasteiger charge is 2.27. The number of hydrogen-bond acceptors (Lipinski definition) is 4. The van der Waals surface area contributed by atoms with E-state index in [4.69, 9.17) is 23.2 Å². The Morgan fingerprint density at radius 2 is 2.04 bits per heavy atom. The van der Waals surface area contributed by atoms with Crippen LogP contribution in [0, 0.1) is 0 Å². The van der Waals surface area contributed by atoms with E-state index in [-0.39, 0.29) is 0 Å². The number of hydrogen-bond donors (Lipinski definition) is 1. The molecule has 2 fully saturated rings. The standard InChI is InChI=1S/C18H20Cl2N4/c19-14-4-3-13(16(20)9-14)10-24-8-6-15(11-24)22-17-5-7-21-18(23-17)12-1-2-12/h3-5,7,9,12,15H,1-2,6,8,10-11H2,(H,21,22,23). The molecule has 1 N–H and O–H groups in total. The second-order valence-corrected chi connectivity index (χ2v) is 7.52.